The second-order valence-corrected chi connectivity index (χ2v) is 5.04. The van der Waals surface area contributed by atoms with Crippen LogP contribution in [-0.4, -0.2) is 32.6 Å². The maximum atomic E-state index is 11.7. The van der Waals surface area contributed by atoms with Crippen molar-refractivity contribution in [3.8, 4) is 0 Å². The number of H-pyrrole nitrogens is 1. The van der Waals surface area contributed by atoms with E-state index in [4.69, 9.17) is 0 Å². The zero-order chi connectivity index (χ0) is 14.5. The second-order valence-electron chi connectivity index (χ2n) is 5.04. The normalized spacial score (nSPS) is 12.2. The number of carbonyl (C=O) groups is 1. The van der Waals surface area contributed by atoms with Crippen molar-refractivity contribution in [3.05, 3.63) is 29.8 Å². The highest BCUT2D eigenvalue weighted by Crippen LogP contribution is 2.06. The molecule has 0 radical (unpaired) electrons. The van der Waals surface area contributed by atoms with E-state index in [1.807, 2.05) is 24.6 Å². The molecule has 2 rings (SSSR count). The minimum Gasteiger partial charge on any atom is -0.338 e. The Bertz CT molecular complexity index is 559. The van der Waals surface area contributed by atoms with Gasteiger partial charge in [0.2, 0.25) is 0 Å². The molecule has 7 heteroatoms. The molecule has 0 unspecified atom stereocenters. The van der Waals surface area contributed by atoms with E-state index < -0.39 is 0 Å². The maximum absolute atomic E-state index is 11.7. The Morgan fingerprint density at radius 2 is 2.30 bits per heavy atom. The molecule has 0 aliphatic rings. The fourth-order valence-electron chi connectivity index (χ4n) is 1.98. The molecule has 20 heavy (non-hydrogen) atoms. The molecule has 0 bridgehead atoms. The number of carbonyl (C=O) groups excluding carboxylic acids is 1. The van der Waals surface area contributed by atoms with Crippen LogP contribution in [0.2, 0.25) is 0 Å². The van der Waals surface area contributed by atoms with Gasteiger partial charge in [0.15, 0.2) is 0 Å². The Hall–Kier alpha value is -2.31. The third-order valence-corrected chi connectivity index (χ3v) is 2.96. The molecule has 2 aromatic heterocycles. The van der Waals surface area contributed by atoms with E-state index in [-0.39, 0.29) is 6.03 Å². The molecule has 1 atom stereocenters. The van der Waals surface area contributed by atoms with Crippen LogP contribution in [0.3, 0.4) is 0 Å². The molecule has 0 aromatic carbocycles. The average Bonchev–Trinajstić information content (AvgIpc) is 2.98. The fraction of sp³-hybridized carbons (Fsp3) is 0.462. The van der Waals surface area contributed by atoms with E-state index in [0.717, 1.165) is 17.9 Å². The van der Waals surface area contributed by atoms with Crippen LogP contribution in [0.5, 0.6) is 0 Å². The summed E-state index contributed by atoms with van der Waals surface area (Å²) >= 11 is 0. The first kappa shape index (κ1) is 14.1. The highest BCUT2D eigenvalue weighted by atomic mass is 16.2. The summed E-state index contributed by atoms with van der Waals surface area (Å²) in [6, 6.07) is 1.82. The Labute approximate surface area is 117 Å². The summed E-state index contributed by atoms with van der Waals surface area (Å²) in [6.07, 6.45) is 3.18. The summed E-state index contributed by atoms with van der Waals surface area (Å²) in [5.74, 6) is 0.295. The first-order valence-electron chi connectivity index (χ1n) is 6.59. The number of aromatic nitrogens is 4. The smallest absolute Gasteiger partial charge is 0.319 e. The summed E-state index contributed by atoms with van der Waals surface area (Å²) in [6.45, 7) is 7.46. The molecular weight excluding hydrogens is 256 g/mol. The SMILES string of the molecule is Cc1cc(C)n(C[C@@H](C)CNC(=O)Nc2cn[nH]c2)n1. The zero-order valence-corrected chi connectivity index (χ0v) is 12.0. The second kappa shape index (κ2) is 6.23. The van der Waals surface area contributed by atoms with Gasteiger partial charge in [-0.05, 0) is 25.8 Å². The van der Waals surface area contributed by atoms with Crippen molar-refractivity contribution in [1.82, 2.24) is 25.3 Å². The summed E-state index contributed by atoms with van der Waals surface area (Å²) in [4.78, 5) is 11.7. The predicted octanol–water partition coefficient (Wildman–Crippen LogP) is 1.68. The van der Waals surface area contributed by atoms with Crippen molar-refractivity contribution in [2.24, 2.45) is 5.92 Å². The Morgan fingerprint density at radius 1 is 1.50 bits per heavy atom. The number of nitrogens with one attached hydrogen (secondary N) is 3. The summed E-state index contributed by atoms with van der Waals surface area (Å²) in [5.41, 5.74) is 2.80. The molecule has 0 saturated heterocycles. The molecular formula is C13H20N6O. The summed E-state index contributed by atoms with van der Waals surface area (Å²) < 4.78 is 1.97. The van der Waals surface area contributed by atoms with Gasteiger partial charge in [-0.3, -0.25) is 9.78 Å². The topological polar surface area (TPSA) is 87.6 Å². The summed E-state index contributed by atoms with van der Waals surface area (Å²) in [5, 5.41) is 16.3. The lowest BCUT2D eigenvalue weighted by Crippen LogP contribution is -2.33. The Morgan fingerprint density at radius 3 is 2.90 bits per heavy atom. The molecule has 3 N–H and O–H groups in total. The number of amides is 2. The standard InChI is InChI=1S/C13H20N6O/c1-9(8-19-11(3)4-10(2)18-19)5-14-13(20)17-12-6-15-16-7-12/h4,6-7,9H,5,8H2,1-3H3,(H,15,16)(H2,14,17,20)/t9-/m0/s1. The van der Waals surface area contributed by atoms with Gasteiger partial charge in [0.05, 0.1) is 17.6 Å². The van der Waals surface area contributed by atoms with E-state index >= 15 is 0 Å². The van der Waals surface area contributed by atoms with Crippen molar-refractivity contribution in [1.29, 1.82) is 0 Å². The average molecular weight is 276 g/mol. The number of urea groups is 1. The van der Waals surface area contributed by atoms with Gasteiger partial charge in [-0.25, -0.2) is 4.79 Å². The van der Waals surface area contributed by atoms with Crippen molar-refractivity contribution in [3.63, 3.8) is 0 Å². The number of hydrogen-bond donors (Lipinski definition) is 3. The van der Waals surface area contributed by atoms with E-state index in [2.05, 4.69) is 32.9 Å². The molecule has 0 fully saturated rings. The van der Waals surface area contributed by atoms with Crippen molar-refractivity contribution < 1.29 is 4.79 Å². The van der Waals surface area contributed by atoms with Gasteiger partial charge in [0, 0.05) is 25.0 Å². The fourth-order valence-corrected chi connectivity index (χ4v) is 1.98. The van der Waals surface area contributed by atoms with E-state index in [1.54, 1.807) is 12.4 Å². The lowest BCUT2D eigenvalue weighted by atomic mass is 10.2. The van der Waals surface area contributed by atoms with E-state index in [1.165, 1.54) is 0 Å². The van der Waals surface area contributed by atoms with Crippen molar-refractivity contribution in [2.45, 2.75) is 27.3 Å². The lowest BCUT2D eigenvalue weighted by molar-refractivity contribution is 0.249. The van der Waals surface area contributed by atoms with Crippen LogP contribution in [0.1, 0.15) is 18.3 Å². The Kier molecular flexibility index (Phi) is 4.39. The molecule has 2 aromatic rings. The molecule has 108 valence electrons. The van der Waals surface area contributed by atoms with Gasteiger partial charge in [-0.1, -0.05) is 6.92 Å². The maximum Gasteiger partial charge on any atom is 0.319 e. The van der Waals surface area contributed by atoms with Crippen LogP contribution in [0.25, 0.3) is 0 Å². The van der Waals surface area contributed by atoms with Crippen molar-refractivity contribution >= 4 is 11.7 Å². The highest BCUT2D eigenvalue weighted by Gasteiger charge is 2.09. The van der Waals surface area contributed by atoms with Crippen LogP contribution in [0, 0.1) is 19.8 Å². The third kappa shape index (κ3) is 3.84. The summed E-state index contributed by atoms with van der Waals surface area (Å²) in [7, 11) is 0. The third-order valence-electron chi connectivity index (χ3n) is 2.96. The Balaban J connectivity index is 1.76. The van der Waals surface area contributed by atoms with Gasteiger partial charge >= 0.3 is 6.03 Å². The highest BCUT2D eigenvalue weighted by molar-refractivity contribution is 5.88. The first-order valence-corrected chi connectivity index (χ1v) is 6.59. The van der Waals surface area contributed by atoms with E-state index in [0.29, 0.717) is 18.2 Å². The molecule has 0 spiro atoms. The molecule has 0 aliphatic heterocycles. The van der Waals surface area contributed by atoms with Gasteiger partial charge in [-0.15, -0.1) is 0 Å². The number of nitrogens with zero attached hydrogens (tertiary/aromatic N) is 3. The molecule has 0 aliphatic carbocycles. The van der Waals surface area contributed by atoms with Gasteiger partial charge in [0.25, 0.3) is 0 Å². The zero-order valence-electron chi connectivity index (χ0n) is 12.0. The van der Waals surface area contributed by atoms with Gasteiger partial charge in [-0.2, -0.15) is 10.2 Å². The first-order chi connectivity index (χ1) is 9.54. The quantitative estimate of drug-likeness (QED) is 0.776. The minimum absolute atomic E-state index is 0.230. The van der Waals surface area contributed by atoms with Gasteiger partial charge in [0.1, 0.15) is 0 Å². The number of hydrogen-bond acceptors (Lipinski definition) is 3. The number of anilines is 1. The van der Waals surface area contributed by atoms with Crippen LogP contribution in [0.4, 0.5) is 10.5 Å². The van der Waals surface area contributed by atoms with Gasteiger partial charge < -0.3 is 10.6 Å². The predicted molar refractivity (Wildman–Crippen MR) is 76.5 cm³/mol. The number of rotatable bonds is 5. The van der Waals surface area contributed by atoms with Crippen LogP contribution < -0.4 is 10.6 Å². The van der Waals surface area contributed by atoms with Crippen LogP contribution >= 0.6 is 0 Å². The monoisotopic (exact) mass is 276 g/mol. The van der Waals surface area contributed by atoms with Crippen LogP contribution in [-0.2, 0) is 6.54 Å². The minimum atomic E-state index is -0.230. The molecule has 7 nitrogen and oxygen atoms in total. The number of aryl methyl sites for hydroxylation is 2. The molecule has 0 saturated carbocycles. The largest absolute Gasteiger partial charge is 0.338 e. The van der Waals surface area contributed by atoms with E-state index in [9.17, 15) is 4.79 Å². The lowest BCUT2D eigenvalue weighted by Gasteiger charge is -2.14. The molecule has 2 amide bonds. The number of aromatic amines is 1. The van der Waals surface area contributed by atoms with Crippen molar-refractivity contribution in [2.75, 3.05) is 11.9 Å². The molecule has 2 heterocycles. The van der Waals surface area contributed by atoms with Crippen LogP contribution in [0.15, 0.2) is 18.5 Å².